The fourth-order valence-electron chi connectivity index (χ4n) is 1.75. The Morgan fingerprint density at radius 2 is 2.00 bits per heavy atom. The third kappa shape index (κ3) is 1.54. The number of nitro benzene ring substituents is 1. The Hall–Kier alpha value is -1.97. The van der Waals surface area contributed by atoms with Crippen LogP contribution in [0.2, 0.25) is 0 Å². The van der Waals surface area contributed by atoms with E-state index >= 15 is 0 Å². The molecule has 1 heterocycles. The number of benzene rings is 1. The van der Waals surface area contributed by atoms with Gasteiger partial charge in [-0.1, -0.05) is 12.1 Å². The van der Waals surface area contributed by atoms with E-state index in [1.165, 1.54) is 6.07 Å². The van der Waals surface area contributed by atoms with Crippen molar-refractivity contribution in [2.24, 2.45) is 0 Å². The van der Waals surface area contributed by atoms with Gasteiger partial charge in [0, 0.05) is 22.8 Å². The summed E-state index contributed by atoms with van der Waals surface area (Å²) < 4.78 is 0. The van der Waals surface area contributed by atoms with E-state index in [4.69, 9.17) is 0 Å². The SMILES string of the molecule is Cc1cc2c([N+](=O)[O-])cccc2c(C)n1. The van der Waals surface area contributed by atoms with E-state index in [0.717, 1.165) is 16.8 Å². The van der Waals surface area contributed by atoms with Crippen LogP contribution in [0.25, 0.3) is 10.8 Å². The van der Waals surface area contributed by atoms with Crippen LogP contribution in [0.4, 0.5) is 5.69 Å². The first-order valence-corrected chi connectivity index (χ1v) is 4.61. The first kappa shape index (κ1) is 9.58. The summed E-state index contributed by atoms with van der Waals surface area (Å²) >= 11 is 0. The van der Waals surface area contributed by atoms with Gasteiger partial charge in [0.1, 0.15) is 0 Å². The lowest BCUT2D eigenvalue weighted by atomic mass is 10.1. The smallest absolute Gasteiger partial charge is 0.258 e. The number of rotatable bonds is 1. The second-order valence-electron chi connectivity index (χ2n) is 3.48. The van der Waals surface area contributed by atoms with Crippen molar-refractivity contribution in [1.82, 2.24) is 4.98 Å². The van der Waals surface area contributed by atoms with E-state index in [0.29, 0.717) is 5.39 Å². The minimum Gasteiger partial charge on any atom is -0.258 e. The largest absolute Gasteiger partial charge is 0.277 e. The molecular weight excluding hydrogens is 192 g/mol. The van der Waals surface area contributed by atoms with Crippen LogP contribution in [0.1, 0.15) is 11.4 Å². The number of aromatic nitrogens is 1. The molecule has 0 unspecified atom stereocenters. The molecule has 0 aliphatic heterocycles. The number of hydrogen-bond acceptors (Lipinski definition) is 3. The van der Waals surface area contributed by atoms with E-state index in [2.05, 4.69) is 4.98 Å². The lowest BCUT2D eigenvalue weighted by Crippen LogP contribution is -1.93. The Balaban J connectivity index is 2.91. The highest BCUT2D eigenvalue weighted by molar-refractivity contribution is 5.92. The molecule has 0 saturated carbocycles. The highest BCUT2D eigenvalue weighted by Gasteiger charge is 2.12. The molecule has 0 radical (unpaired) electrons. The fourth-order valence-corrected chi connectivity index (χ4v) is 1.75. The van der Waals surface area contributed by atoms with Crippen molar-refractivity contribution in [1.29, 1.82) is 0 Å². The van der Waals surface area contributed by atoms with Crippen molar-refractivity contribution < 1.29 is 4.92 Å². The first-order valence-electron chi connectivity index (χ1n) is 4.61. The van der Waals surface area contributed by atoms with E-state index in [9.17, 15) is 10.1 Å². The summed E-state index contributed by atoms with van der Waals surface area (Å²) in [5.41, 5.74) is 1.77. The van der Waals surface area contributed by atoms with Crippen molar-refractivity contribution >= 4 is 16.5 Å². The van der Waals surface area contributed by atoms with E-state index in [1.54, 1.807) is 12.1 Å². The van der Waals surface area contributed by atoms with Crippen LogP contribution in [0.3, 0.4) is 0 Å². The first-order chi connectivity index (χ1) is 7.09. The van der Waals surface area contributed by atoms with Crippen molar-refractivity contribution in [3.05, 3.63) is 45.8 Å². The summed E-state index contributed by atoms with van der Waals surface area (Å²) in [7, 11) is 0. The molecule has 0 atom stereocenters. The summed E-state index contributed by atoms with van der Waals surface area (Å²) in [6, 6.07) is 6.80. The maximum Gasteiger partial charge on any atom is 0.277 e. The molecule has 2 rings (SSSR count). The van der Waals surface area contributed by atoms with Gasteiger partial charge >= 0.3 is 0 Å². The number of non-ortho nitro benzene ring substituents is 1. The quantitative estimate of drug-likeness (QED) is 0.527. The Kier molecular flexibility index (Phi) is 2.11. The summed E-state index contributed by atoms with van der Waals surface area (Å²) in [5, 5.41) is 12.3. The molecule has 0 amide bonds. The molecule has 4 heteroatoms. The molecule has 0 aliphatic carbocycles. The maximum atomic E-state index is 10.8. The lowest BCUT2D eigenvalue weighted by Gasteiger charge is -2.03. The highest BCUT2D eigenvalue weighted by atomic mass is 16.6. The Morgan fingerprint density at radius 1 is 1.27 bits per heavy atom. The molecule has 0 N–H and O–H groups in total. The van der Waals surface area contributed by atoms with E-state index in [1.807, 2.05) is 19.9 Å². The zero-order valence-electron chi connectivity index (χ0n) is 8.52. The molecule has 0 fully saturated rings. The van der Waals surface area contributed by atoms with Crippen LogP contribution >= 0.6 is 0 Å². The normalized spacial score (nSPS) is 10.5. The van der Waals surface area contributed by atoms with E-state index in [-0.39, 0.29) is 10.6 Å². The van der Waals surface area contributed by atoms with Crippen molar-refractivity contribution in [3.8, 4) is 0 Å². The Labute approximate surface area is 86.7 Å². The molecule has 1 aromatic heterocycles. The Bertz CT molecular complexity index is 550. The molecule has 15 heavy (non-hydrogen) atoms. The van der Waals surface area contributed by atoms with Crippen LogP contribution in [0, 0.1) is 24.0 Å². The molecule has 2 aromatic rings. The molecule has 1 aromatic carbocycles. The number of fused-ring (bicyclic) bond motifs is 1. The molecule has 0 spiro atoms. The third-order valence-corrected chi connectivity index (χ3v) is 2.37. The Morgan fingerprint density at radius 3 is 2.67 bits per heavy atom. The number of pyridine rings is 1. The van der Waals surface area contributed by atoms with Crippen molar-refractivity contribution in [2.75, 3.05) is 0 Å². The summed E-state index contributed by atoms with van der Waals surface area (Å²) in [4.78, 5) is 14.7. The number of aryl methyl sites for hydroxylation is 2. The van der Waals surface area contributed by atoms with Gasteiger partial charge in [-0.3, -0.25) is 15.1 Å². The summed E-state index contributed by atoms with van der Waals surface area (Å²) in [6.07, 6.45) is 0. The zero-order chi connectivity index (χ0) is 11.0. The lowest BCUT2D eigenvalue weighted by molar-refractivity contribution is -0.383. The third-order valence-electron chi connectivity index (χ3n) is 2.37. The predicted octanol–water partition coefficient (Wildman–Crippen LogP) is 2.76. The van der Waals surface area contributed by atoms with Crippen LogP contribution in [0.15, 0.2) is 24.3 Å². The topological polar surface area (TPSA) is 56.0 Å². The van der Waals surface area contributed by atoms with Crippen molar-refractivity contribution in [3.63, 3.8) is 0 Å². The predicted molar refractivity (Wildman–Crippen MR) is 57.9 cm³/mol. The number of nitro groups is 1. The molecule has 0 saturated heterocycles. The van der Waals surface area contributed by atoms with Gasteiger partial charge in [0.2, 0.25) is 0 Å². The molecular formula is C11H10N2O2. The van der Waals surface area contributed by atoms with Gasteiger partial charge in [-0.15, -0.1) is 0 Å². The van der Waals surface area contributed by atoms with Gasteiger partial charge in [0.15, 0.2) is 0 Å². The highest BCUT2D eigenvalue weighted by Crippen LogP contribution is 2.27. The molecule has 0 bridgehead atoms. The second-order valence-corrected chi connectivity index (χ2v) is 3.48. The monoisotopic (exact) mass is 202 g/mol. The van der Waals surface area contributed by atoms with Gasteiger partial charge in [-0.25, -0.2) is 0 Å². The maximum absolute atomic E-state index is 10.8. The van der Waals surface area contributed by atoms with Gasteiger partial charge in [-0.05, 0) is 19.9 Å². The van der Waals surface area contributed by atoms with Gasteiger partial charge in [0.05, 0.1) is 10.3 Å². The van der Waals surface area contributed by atoms with Crippen molar-refractivity contribution in [2.45, 2.75) is 13.8 Å². The number of hydrogen-bond donors (Lipinski definition) is 0. The standard InChI is InChI=1S/C11H10N2O2/c1-7-6-10-9(8(2)12-7)4-3-5-11(10)13(14)15/h3-6H,1-2H3. The van der Waals surface area contributed by atoms with Gasteiger partial charge < -0.3 is 0 Å². The minimum absolute atomic E-state index is 0.140. The van der Waals surface area contributed by atoms with Crippen LogP contribution < -0.4 is 0 Å². The second kappa shape index (κ2) is 3.31. The van der Waals surface area contributed by atoms with Gasteiger partial charge in [-0.2, -0.15) is 0 Å². The molecule has 4 nitrogen and oxygen atoms in total. The fraction of sp³-hybridized carbons (Fsp3) is 0.182. The van der Waals surface area contributed by atoms with Gasteiger partial charge in [0.25, 0.3) is 5.69 Å². The average molecular weight is 202 g/mol. The minimum atomic E-state index is -0.360. The molecule has 76 valence electrons. The average Bonchev–Trinajstić information content (AvgIpc) is 2.16. The van der Waals surface area contributed by atoms with Crippen LogP contribution in [-0.4, -0.2) is 9.91 Å². The zero-order valence-corrected chi connectivity index (χ0v) is 8.52. The number of nitrogens with zero attached hydrogens (tertiary/aromatic N) is 2. The molecule has 0 aliphatic rings. The summed E-state index contributed by atoms with van der Waals surface area (Å²) in [6.45, 7) is 3.70. The van der Waals surface area contributed by atoms with Crippen LogP contribution in [0.5, 0.6) is 0 Å². The summed E-state index contributed by atoms with van der Waals surface area (Å²) in [5.74, 6) is 0. The van der Waals surface area contributed by atoms with E-state index < -0.39 is 0 Å². The van der Waals surface area contributed by atoms with Crippen LogP contribution in [-0.2, 0) is 0 Å².